The van der Waals surface area contributed by atoms with Gasteiger partial charge in [0.2, 0.25) is 0 Å². The van der Waals surface area contributed by atoms with Gasteiger partial charge in [-0.05, 0) is 60.7 Å². The molecule has 1 N–H and O–H groups in total. The van der Waals surface area contributed by atoms with Crippen molar-refractivity contribution < 1.29 is 8.78 Å². The maximum atomic E-state index is 14.0. The number of rotatable bonds is 4. The zero-order chi connectivity index (χ0) is 14.8. The van der Waals surface area contributed by atoms with E-state index in [9.17, 15) is 8.78 Å². The van der Waals surface area contributed by atoms with Crippen LogP contribution in [0.1, 0.15) is 40.2 Å². The van der Waals surface area contributed by atoms with Crippen molar-refractivity contribution in [3.8, 4) is 0 Å². The molecule has 1 rings (SSSR count). The second-order valence-electron chi connectivity index (χ2n) is 6.77. The third kappa shape index (κ3) is 5.19. The molecular formula is C15H22BrF2N. The van der Waals surface area contributed by atoms with Crippen LogP contribution in [0, 0.1) is 17.0 Å². The van der Waals surface area contributed by atoms with Crippen molar-refractivity contribution in [1.82, 2.24) is 5.32 Å². The van der Waals surface area contributed by atoms with Gasteiger partial charge in [0.25, 0.3) is 0 Å². The number of halogens is 3. The molecule has 1 aromatic carbocycles. The Morgan fingerprint density at radius 1 is 1.11 bits per heavy atom. The highest BCUT2D eigenvalue weighted by Crippen LogP contribution is 2.28. The Morgan fingerprint density at radius 2 is 1.68 bits per heavy atom. The highest BCUT2D eigenvalue weighted by molar-refractivity contribution is 9.10. The van der Waals surface area contributed by atoms with E-state index < -0.39 is 11.6 Å². The van der Waals surface area contributed by atoms with Crippen molar-refractivity contribution in [2.75, 3.05) is 6.54 Å². The smallest absolute Gasteiger partial charge is 0.143 e. The fourth-order valence-electron chi connectivity index (χ4n) is 1.78. The molecule has 0 amide bonds. The molecule has 0 atom stereocenters. The van der Waals surface area contributed by atoms with Crippen LogP contribution in [0.15, 0.2) is 16.6 Å². The Labute approximate surface area is 122 Å². The molecule has 0 heterocycles. The molecule has 4 heteroatoms. The number of nitrogens with one attached hydrogen (secondary N) is 1. The summed E-state index contributed by atoms with van der Waals surface area (Å²) >= 11 is 3.10. The average molecular weight is 334 g/mol. The molecule has 0 unspecified atom stereocenters. The lowest BCUT2D eigenvalue weighted by Crippen LogP contribution is -2.42. The molecule has 0 saturated carbocycles. The van der Waals surface area contributed by atoms with E-state index in [0.29, 0.717) is 17.4 Å². The van der Waals surface area contributed by atoms with Crippen LogP contribution in [0.4, 0.5) is 8.78 Å². The van der Waals surface area contributed by atoms with Crippen molar-refractivity contribution in [2.45, 2.75) is 46.6 Å². The Balaban J connectivity index is 2.86. The van der Waals surface area contributed by atoms with E-state index in [0.717, 1.165) is 0 Å². The summed E-state index contributed by atoms with van der Waals surface area (Å²) in [5.41, 5.74) is -0.0865. The molecule has 0 radical (unpaired) electrons. The van der Waals surface area contributed by atoms with Gasteiger partial charge < -0.3 is 5.32 Å². The van der Waals surface area contributed by atoms with Gasteiger partial charge in [-0.25, -0.2) is 8.78 Å². The van der Waals surface area contributed by atoms with Crippen LogP contribution in [0.25, 0.3) is 0 Å². The molecule has 0 fully saturated rings. The highest BCUT2D eigenvalue weighted by atomic mass is 79.9. The van der Waals surface area contributed by atoms with Crippen LogP contribution >= 0.6 is 15.9 Å². The zero-order valence-corrected chi connectivity index (χ0v) is 13.8. The summed E-state index contributed by atoms with van der Waals surface area (Å²) in [5, 5.41) is 3.38. The first-order valence-electron chi connectivity index (χ1n) is 6.39. The summed E-state index contributed by atoms with van der Waals surface area (Å²) in [6, 6.07) is 2.70. The second kappa shape index (κ2) is 5.88. The van der Waals surface area contributed by atoms with Crippen LogP contribution in [-0.2, 0) is 6.42 Å². The van der Waals surface area contributed by atoms with Crippen molar-refractivity contribution in [3.05, 3.63) is 33.8 Å². The van der Waals surface area contributed by atoms with Crippen molar-refractivity contribution in [2.24, 2.45) is 5.41 Å². The number of hydrogen-bond donors (Lipinski definition) is 1. The molecule has 0 aromatic heterocycles. The monoisotopic (exact) mass is 333 g/mol. The topological polar surface area (TPSA) is 12.0 Å². The SMILES string of the molecule is CC(C)(CNC(C)(C)C)Cc1c(F)ccc(Br)c1F. The van der Waals surface area contributed by atoms with Crippen LogP contribution in [0.2, 0.25) is 0 Å². The van der Waals surface area contributed by atoms with Crippen LogP contribution in [-0.4, -0.2) is 12.1 Å². The van der Waals surface area contributed by atoms with E-state index in [4.69, 9.17) is 0 Å². The van der Waals surface area contributed by atoms with Gasteiger partial charge in [-0.1, -0.05) is 13.8 Å². The van der Waals surface area contributed by atoms with Crippen molar-refractivity contribution >= 4 is 15.9 Å². The number of benzene rings is 1. The lowest BCUT2D eigenvalue weighted by Gasteiger charge is -2.31. The molecule has 0 aliphatic carbocycles. The van der Waals surface area contributed by atoms with Crippen LogP contribution in [0.3, 0.4) is 0 Å². The van der Waals surface area contributed by atoms with Gasteiger partial charge >= 0.3 is 0 Å². The zero-order valence-electron chi connectivity index (χ0n) is 12.2. The van der Waals surface area contributed by atoms with E-state index in [2.05, 4.69) is 42.0 Å². The van der Waals surface area contributed by atoms with Gasteiger partial charge in [0.1, 0.15) is 11.6 Å². The van der Waals surface area contributed by atoms with Gasteiger partial charge in [-0.2, -0.15) is 0 Å². The fraction of sp³-hybridized carbons (Fsp3) is 0.600. The molecule has 0 spiro atoms. The summed E-state index contributed by atoms with van der Waals surface area (Å²) < 4.78 is 28.0. The standard InChI is InChI=1S/C15H22BrF2N/c1-14(2,3)19-9-15(4,5)8-10-12(17)7-6-11(16)13(10)18/h6-7,19H,8-9H2,1-5H3. The molecule has 108 valence electrons. The summed E-state index contributed by atoms with van der Waals surface area (Å²) in [4.78, 5) is 0. The summed E-state index contributed by atoms with van der Waals surface area (Å²) in [6.45, 7) is 10.9. The Kier molecular flexibility index (Phi) is 5.13. The van der Waals surface area contributed by atoms with Gasteiger partial charge in [0, 0.05) is 17.6 Å². The van der Waals surface area contributed by atoms with Gasteiger partial charge in [-0.15, -0.1) is 0 Å². The number of hydrogen-bond acceptors (Lipinski definition) is 1. The molecule has 1 nitrogen and oxygen atoms in total. The molecule has 0 aliphatic rings. The largest absolute Gasteiger partial charge is 0.312 e. The minimum absolute atomic E-state index is 0.00830. The second-order valence-corrected chi connectivity index (χ2v) is 7.62. The molecule has 19 heavy (non-hydrogen) atoms. The van der Waals surface area contributed by atoms with E-state index in [1.54, 1.807) is 0 Å². The van der Waals surface area contributed by atoms with Gasteiger partial charge in [0.05, 0.1) is 4.47 Å². The molecule has 0 aliphatic heterocycles. The highest BCUT2D eigenvalue weighted by Gasteiger charge is 2.25. The predicted molar refractivity (Wildman–Crippen MR) is 79.3 cm³/mol. The summed E-state index contributed by atoms with van der Waals surface area (Å²) in [5.74, 6) is -0.978. The van der Waals surface area contributed by atoms with Crippen LogP contribution < -0.4 is 5.32 Å². The van der Waals surface area contributed by atoms with E-state index >= 15 is 0 Å². The van der Waals surface area contributed by atoms with Crippen molar-refractivity contribution in [1.29, 1.82) is 0 Å². The molecular weight excluding hydrogens is 312 g/mol. The third-order valence-electron chi connectivity index (χ3n) is 2.89. The predicted octanol–water partition coefficient (Wildman–Crippen LogP) is 4.68. The Bertz CT molecular complexity index is 450. The Hall–Kier alpha value is -0.480. The van der Waals surface area contributed by atoms with Gasteiger partial charge in [0.15, 0.2) is 0 Å². The third-order valence-corrected chi connectivity index (χ3v) is 3.50. The minimum Gasteiger partial charge on any atom is -0.312 e. The van der Waals surface area contributed by atoms with Gasteiger partial charge in [-0.3, -0.25) is 0 Å². The van der Waals surface area contributed by atoms with E-state index in [1.165, 1.54) is 12.1 Å². The lowest BCUT2D eigenvalue weighted by molar-refractivity contribution is 0.283. The van der Waals surface area contributed by atoms with E-state index in [-0.39, 0.29) is 16.5 Å². The molecule has 1 aromatic rings. The maximum absolute atomic E-state index is 14.0. The first-order chi connectivity index (χ1) is 8.52. The first-order valence-corrected chi connectivity index (χ1v) is 7.18. The van der Waals surface area contributed by atoms with E-state index in [1.807, 2.05) is 13.8 Å². The summed E-state index contributed by atoms with van der Waals surface area (Å²) in [7, 11) is 0. The summed E-state index contributed by atoms with van der Waals surface area (Å²) in [6.07, 6.45) is 0.354. The Morgan fingerprint density at radius 3 is 2.21 bits per heavy atom. The quantitative estimate of drug-likeness (QED) is 0.788. The molecule has 0 bridgehead atoms. The molecule has 0 saturated heterocycles. The fourth-order valence-corrected chi connectivity index (χ4v) is 2.15. The normalized spacial score (nSPS) is 12.8. The van der Waals surface area contributed by atoms with Crippen molar-refractivity contribution in [3.63, 3.8) is 0 Å². The minimum atomic E-state index is -0.496. The average Bonchev–Trinajstić information content (AvgIpc) is 2.27. The lowest BCUT2D eigenvalue weighted by atomic mass is 9.84. The maximum Gasteiger partial charge on any atom is 0.143 e. The first kappa shape index (κ1) is 16.6. The van der Waals surface area contributed by atoms with Crippen LogP contribution in [0.5, 0.6) is 0 Å².